The summed E-state index contributed by atoms with van der Waals surface area (Å²) in [6, 6.07) is 5.48. The number of hydrogen-bond donors (Lipinski definition) is 2. The van der Waals surface area contributed by atoms with Gasteiger partial charge >= 0.3 is 0 Å². The second-order valence-electron chi connectivity index (χ2n) is 4.72. The Bertz CT molecular complexity index is 374. The predicted octanol–water partition coefficient (Wildman–Crippen LogP) is 2.42. The number of aromatic hydroxyl groups is 1. The molecule has 0 unspecified atom stereocenters. The van der Waals surface area contributed by atoms with E-state index in [0.717, 1.165) is 24.5 Å². The molecule has 0 bridgehead atoms. The zero-order valence-electron chi connectivity index (χ0n) is 9.54. The van der Waals surface area contributed by atoms with Crippen molar-refractivity contribution in [2.24, 2.45) is 0 Å². The van der Waals surface area contributed by atoms with E-state index in [1.807, 2.05) is 12.1 Å². The molecule has 2 rings (SSSR count). The fraction of sp³-hybridized carbons (Fsp3) is 0.500. The smallest absolute Gasteiger partial charge is 0.117 e. The Morgan fingerprint density at radius 3 is 2.87 bits per heavy atom. The van der Waals surface area contributed by atoms with Gasteiger partial charge < -0.3 is 15.3 Å². The minimum atomic E-state index is 0.0833. The molecule has 1 aliphatic rings. The first-order valence-corrected chi connectivity index (χ1v) is 5.38. The van der Waals surface area contributed by atoms with Gasteiger partial charge in [-0.2, -0.15) is 0 Å². The number of likely N-dealkylation sites (N-methyl/N-ethyl adjacent to an activating group) is 1. The predicted molar refractivity (Wildman–Crippen MR) is 63.7 cm³/mol. The largest absolute Gasteiger partial charge is 0.508 e. The zero-order valence-corrected chi connectivity index (χ0v) is 9.54. The summed E-state index contributed by atoms with van der Waals surface area (Å²) in [5, 5.41) is 13.0. The normalized spacial score (nSPS) is 18.2. The quantitative estimate of drug-likeness (QED) is 0.693. The van der Waals surface area contributed by atoms with Gasteiger partial charge in [-0.25, -0.2) is 0 Å². The van der Waals surface area contributed by atoms with Crippen molar-refractivity contribution in [2.45, 2.75) is 26.3 Å². The first-order valence-electron chi connectivity index (χ1n) is 5.38. The van der Waals surface area contributed by atoms with Gasteiger partial charge in [0, 0.05) is 24.7 Å². The molecule has 1 heterocycles. The zero-order chi connectivity index (χ0) is 11.1. The van der Waals surface area contributed by atoms with Crippen molar-refractivity contribution in [3.63, 3.8) is 0 Å². The molecule has 0 fully saturated rings. The van der Waals surface area contributed by atoms with Gasteiger partial charge in [0.2, 0.25) is 0 Å². The minimum Gasteiger partial charge on any atom is -0.508 e. The van der Waals surface area contributed by atoms with E-state index in [2.05, 4.69) is 31.0 Å². The van der Waals surface area contributed by atoms with Gasteiger partial charge in [0.05, 0.1) is 11.4 Å². The van der Waals surface area contributed by atoms with E-state index >= 15 is 0 Å². The Morgan fingerprint density at radius 1 is 1.47 bits per heavy atom. The average molecular weight is 206 g/mol. The summed E-state index contributed by atoms with van der Waals surface area (Å²) in [5.74, 6) is 0.328. The summed E-state index contributed by atoms with van der Waals surface area (Å²) in [5.41, 5.74) is 2.28. The molecule has 1 aromatic rings. The van der Waals surface area contributed by atoms with Crippen LogP contribution in [0, 0.1) is 0 Å². The van der Waals surface area contributed by atoms with Crippen LogP contribution in [0.1, 0.15) is 20.8 Å². The monoisotopic (exact) mass is 206 g/mol. The molecule has 0 atom stereocenters. The number of nitrogens with zero attached hydrogens (tertiary/aromatic N) is 1. The van der Waals surface area contributed by atoms with E-state index in [0.29, 0.717) is 5.75 Å². The highest BCUT2D eigenvalue weighted by atomic mass is 16.3. The topological polar surface area (TPSA) is 35.5 Å². The van der Waals surface area contributed by atoms with Crippen molar-refractivity contribution < 1.29 is 5.11 Å². The maximum atomic E-state index is 9.48. The van der Waals surface area contributed by atoms with Crippen LogP contribution in [0.4, 0.5) is 11.4 Å². The minimum absolute atomic E-state index is 0.0833. The van der Waals surface area contributed by atoms with Crippen LogP contribution < -0.4 is 10.2 Å². The highest BCUT2D eigenvalue weighted by Crippen LogP contribution is 2.36. The Hall–Kier alpha value is -1.38. The van der Waals surface area contributed by atoms with E-state index in [-0.39, 0.29) is 5.54 Å². The highest BCUT2D eigenvalue weighted by molar-refractivity contribution is 5.75. The third-order valence-electron chi connectivity index (χ3n) is 2.76. The molecule has 0 radical (unpaired) electrons. The van der Waals surface area contributed by atoms with Crippen LogP contribution in [0.5, 0.6) is 5.75 Å². The molecular formula is C12H18N2O. The molecule has 15 heavy (non-hydrogen) atoms. The molecule has 1 aliphatic heterocycles. The van der Waals surface area contributed by atoms with Crippen LogP contribution in [-0.4, -0.2) is 23.7 Å². The third-order valence-corrected chi connectivity index (χ3v) is 2.76. The Labute approximate surface area is 90.7 Å². The number of nitrogens with one attached hydrogen (secondary N) is 1. The van der Waals surface area contributed by atoms with Crippen molar-refractivity contribution >= 4 is 11.4 Å². The van der Waals surface area contributed by atoms with Crippen LogP contribution in [0.25, 0.3) is 0 Å². The fourth-order valence-electron chi connectivity index (χ4n) is 2.14. The van der Waals surface area contributed by atoms with Gasteiger partial charge in [0.25, 0.3) is 0 Å². The molecule has 0 amide bonds. The lowest BCUT2D eigenvalue weighted by molar-refractivity contribution is 0.473. The van der Waals surface area contributed by atoms with Gasteiger partial charge in [-0.3, -0.25) is 0 Å². The van der Waals surface area contributed by atoms with E-state index in [1.165, 1.54) is 0 Å². The van der Waals surface area contributed by atoms with Gasteiger partial charge in [-0.1, -0.05) is 0 Å². The molecule has 0 aromatic heterocycles. The molecular weight excluding hydrogens is 188 g/mol. The second kappa shape index (κ2) is 3.33. The number of phenols is 1. The highest BCUT2D eigenvalue weighted by Gasteiger charge is 2.28. The van der Waals surface area contributed by atoms with Crippen LogP contribution in [-0.2, 0) is 0 Å². The van der Waals surface area contributed by atoms with Crippen molar-refractivity contribution in [1.82, 2.24) is 0 Å². The third kappa shape index (κ3) is 1.87. The lowest BCUT2D eigenvalue weighted by Gasteiger charge is -2.41. The number of benzene rings is 1. The molecule has 2 N–H and O–H groups in total. The Kier molecular flexibility index (Phi) is 2.25. The van der Waals surface area contributed by atoms with E-state index in [9.17, 15) is 5.11 Å². The molecule has 0 spiro atoms. The lowest BCUT2D eigenvalue weighted by atomic mass is 9.99. The Balaban J connectivity index is 2.44. The van der Waals surface area contributed by atoms with E-state index in [4.69, 9.17) is 0 Å². The standard InChI is InChI=1S/C12H18N2O/c1-4-14-8-12(2,3)13-10-6-5-9(15)7-11(10)14/h5-7,13,15H,4,8H2,1-3H3. The summed E-state index contributed by atoms with van der Waals surface area (Å²) in [7, 11) is 0. The fourth-order valence-corrected chi connectivity index (χ4v) is 2.14. The SMILES string of the molecule is CCN1CC(C)(C)Nc2ccc(O)cc21. The maximum Gasteiger partial charge on any atom is 0.117 e. The van der Waals surface area contributed by atoms with Crippen molar-refractivity contribution in [1.29, 1.82) is 0 Å². The van der Waals surface area contributed by atoms with Crippen LogP contribution in [0.3, 0.4) is 0 Å². The molecule has 82 valence electrons. The van der Waals surface area contributed by atoms with Crippen LogP contribution in [0.15, 0.2) is 18.2 Å². The van der Waals surface area contributed by atoms with Gasteiger partial charge in [0.15, 0.2) is 0 Å². The van der Waals surface area contributed by atoms with Crippen molar-refractivity contribution in [2.75, 3.05) is 23.3 Å². The maximum absolute atomic E-state index is 9.48. The molecule has 1 aromatic carbocycles. The number of anilines is 2. The van der Waals surface area contributed by atoms with E-state index < -0.39 is 0 Å². The summed E-state index contributed by atoms with van der Waals surface area (Å²) in [6.07, 6.45) is 0. The summed E-state index contributed by atoms with van der Waals surface area (Å²) in [6.45, 7) is 8.42. The van der Waals surface area contributed by atoms with Crippen LogP contribution >= 0.6 is 0 Å². The molecule has 0 aliphatic carbocycles. The lowest BCUT2D eigenvalue weighted by Crippen LogP contribution is -2.48. The molecule has 3 nitrogen and oxygen atoms in total. The van der Waals surface area contributed by atoms with Gasteiger partial charge in [0.1, 0.15) is 5.75 Å². The second-order valence-corrected chi connectivity index (χ2v) is 4.72. The number of rotatable bonds is 1. The number of hydrogen-bond acceptors (Lipinski definition) is 3. The number of fused-ring (bicyclic) bond motifs is 1. The van der Waals surface area contributed by atoms with Gasteiger partial charge in [-0.15, -0.1) is 0 Å². The summed E-state index contributed by atoms with van der Waals surface area (Å²) in [4.78, 5) is 2.28. The molecule has 0 saturated carbocycles. The first-order chi connectivity index (χ1) is 7.02. The molecule has 0 saturated heterocycles. The van der Waals surface area contributed by atoms with E-state index in [1.54, 1.807) is 6.07 Å². The summed E-state index contributed by atoms with van der Waals surface area (Å²) < 4.78 is 0. The number of phenolic OH excluding ortho intramolecular Hbond substituents is 1. The van der Waals surface area contributed by atoms with Gasteiger partial charge in [-0.05, 0) is 32.9 Å². The van der Waals surface area contributed by atoms with Crippen molar-refractivity contribution in [3.8, 4) is 5.75 Å². The first kappa shape index (κ1) is 10.1. The van der Waals surface area contributed by atoms with Crippen LogP contribution in [0.2, 0.25) is 0 Å². The molecule has 3 heteroatoms. The Morgan fingerprint density at radius 2 is 2.20 bits per heavy atom. The average Bonchev–Trinajstić information content (AvgIpc) is 2.16. The van der Waals surface area contributed by atoms with Crippen molar-refractivity contribution in [3.05, 3.63) is 18.2 Å². The summed E-state index contributed by atoms with van der Waals surface area (Å²) >= 11 is 0.